The largest absolute Gasteiger partial charge is 0.497 e. The van der Waals surface area contributed by atoms with Crippen LogP contribution in [0.3, 0.4) is 0 Å². The van der Waals surface area contributed by atoms with Gasteiger partial charge in [0.1, 0.15) is 11.9 Å². The molecule has 0 bridgehead atoms. The van der Waals surface area contributed by atoms with Gasteiger partial charge in [-0.05, 0) is 56.0 Å². The average molecular weight is 386 g/mol. The Morgan fingerprint density at radius 2 is 1.86 bits per heavy atom. The molecule has 2 aliphatic rings. The smallest absolute Gasteiger partial charge is 0.338 e. The Labute approximate surface area is 166 Å². The van der Waals surface area contributed by atoms with Crippen LogP contribution in [-0.2, 0) is 9.53 Å². The molecule has 1 aromatic rings. The maximum atomic E-state index is 13.0. The zero-order valence-corrected chi connectivity index (χ0v) is 17.3. The van der Waals surface area contributed by atoms with E-state index in [1.54, 1.807) is 37.5 Å². The number of benzene rings is 1. The van der Waals surface area contributed by atoms with Gasteiger partial charge in [0.25, 0.3) is 0 Å². The summed E-state index contributed by atoms with van der Waals surface area (Å²) in [5.74, 6) is -0.256. The molecule has 0 heterocycles. The van der Waals surface area contributed by atoms with Gasteiger partial charge in [-0.2, -0.15) is 0 Å². The van der Waals surface area contributed by atoms with E-state index in [2.05, 4.69) is 0 Å². The molecule has 0 radical (unpaired) electrons. The lowest BCUT2D eigenvalue weighted by Gasteiger charge is -2.42. The number of carbonyl (C=O) groups excluding carboxylic acids is 2. The number of hydrogen-bond donors (Lipinski definition) is 1. The van der Waals surface area contributed by atoms with Crippen LogP contribution in [0.5, 0.6) is 5.75 Å². The molecule has 3 rings (SSSR count). The van der Waals surface area contributed by atoms with Gasteiger partial charge < -0.3 is 14.6 Å². The van der Waals surface area contributed by atoms with Gasteiger partial charge in [-0.3, -0.25) is 4.79 Å². The van der Waals surface area contributed by atoms with Crippen LogP contribution in [0.4, 0.5) is 0 Å². The number of rotatable bonds is 4. The molecule has 1 fully saturated rings. The van der Waals surface area contributed by atoms with E-state index >= 15 is 0 Å². The number of allylic oxidation sites excluding steroid dienone is 1. The van der Waals surface area contributed by atoms with Gasteiger partial charge in [-0.25, -0.2) is 4.79 Å². The second-order valence-electron chi connectivity index (χ2n) is 8.77. The Morgan fingerprint density at radius 1 is 1.21 bits per heavy atom. The molecule has 5 nitrogen and oxygen atoms in total. The number of fused-ring (bicyclic) bond motifs is 1. The fourth-order valence-electron chi connectivity index (χ4n) is 4.90. The molecular formula is C23H30O5. The lowest BCUT2D eigenvalue weighted by molar-refractivity contribution is -0.140. The van der Waals surface area contributed by atoms with Crippen molar-refractivity contribution in [3.05, 3.63) is 41.5 Å². The van der Waals surface area contributed by atoms with E-state index in [0.29, 0.717) is 30.6 Å². The molecule has 0 saturated heterocycles. The van der Waals surface area contributed by atoms with Gasteiger partial charge in [-0.15, -0.1) is 0 Å². The van der Waals surface area contributed by atoms with Crippen LogP contribution in [0.15, 0.2) is 35.9 Å². The SMILES string of the molecule is COc1ccc(C(=O)OC2CC(C)=CC(=O)C3(C)CCC(O)(C(C)C)C23)cc1. The van der Waals surface area contributed by atoms with Crippen molar-refractivity contribution in [1.29, 1.82) is 0 Å². The molecule has 1 aromatic carbocycles. The minimum absolute atomic E-state index is 0.0228. The molecule has 0 aliphatic heterocycles. The van der Waals surface area contributed by atoms with E-state index in [1.165, 1.54) is 0 Å². The highest BCUT2D eigenvalue weighted by atomic mass is 16.5. The quantitative estimate of drug-likeness (QED) is 0.794. The van der Waals surface area contributed by atoms with Crippen molar-refractivity contribution in [3.63, 3.8) is 0 Å². The van der Waals surface area contributed by atoms with Crippen LogP contribution in [0, 0.1) is 17.3 Å². The summed E-state index contributed by atoms with van der Waals surface area (Å²) in [5.41, 5.74) is -0.486. The second-order valence-corrected chi connectivity index (χ2v) is 8.77. The molecular weight excluding hydrogens is 356 g/mol. The summed E-state index contributed by atoms with van der Waals surface area (Å²) in [4.78, 5) is 25.8. The third-order valence-electron chi connectivity index (χ3n) is 6.69. The van der Waals surface area contributed by atoms with Crippen molar-refractivity contribution in [2.24, 2.45) is 17.3 Å². The third-order valence-corrected chi connectivity index (χ3v) is 6.69. The number of esters is 1. The maximum Gasteiger partial charge on any atom is 0.338 e. The topological polar surface area (TPSA) is 72.8 Å². The molecule has 1 saturated carbocycles. The van der Waals surface area contributed by atoms with Crippen LogP contribution in [-0.4, -0.2) is 35.7 Å². The lowest BCUT2D eigenvalue weighted by atomic mass is 9.67. The predicted octanol–water partition coefficient (Wildman–Crippen LogP) is 3.94. The summed E-state index contributed by atoms with van der Waals surface area (Å²) < 4.78 is 11.1. The summed E-state index contributed by atoms with van der Waals surface area (Å²) in [6.45, 7) is 7.71. The molecule has 0 aromatic heterocycles. The van der Waals surface area contributed by atoms with Crippen molar-refractivity contribution in [3.8, 4) is 5.75 Å². The Morgan fingerprint density at radius 3 is 2.43 bits per heavy atom. The molecule has 1 N–H and O–H groups in total. The van der Waals surface area contributed by atoms with Gasteiger partial charge in [0.2, 0.25) is 0 Å². The van der Waals surface area contributed by atoms with Crippen molar-refractivity contribution in [1.82, 2.24) is 0 Å². The number of methoxy groups -OCH3 is 1. The maximum absolute atomic E-state index is 13.0. The first-order chi connectivity index (χ1) is 13.1. The molecule has 2 aliphatic carbocycles. The molecule has 28 heavy (non-hydrogen) atoms. The summed E-state index contributed by atoms with van der Waals surface area (Å²) >= 11 is 0. The highest BCUT2D eigenvalue weighted by Gasteiger charge is 2.62. The average Bonchev–Trinajstić information content (AvgIpc) is 2.89. The van der Waals surface area contributed by atoms with Crippen LogP contribution >= 0.6 is 0 Å². The molecule has 5 heteroatoms. The highest BCUT2D eigenvalue weighted by Crippen LogP contribution is 2.56. The fourth-order valence-corrected chi connectivity index (χ4v) is 4.90. The first-order valence-corrected chi connectivity index (χ1v) is 9.91. The van der Waals surface area contributed by atoms with Gasteiger partial charge in [0, 0.05) is 17.8 Å². The lowest BCUT2D eigenvalue weighted by Crippen LogP contribution is -2.51. The minimum atomic E-state index is -1.05. The van der Waals surface area contributed by atoms with Gasteiger partial charge in [0.05, 0.1) is 18.3 Å². The van der Waals surface area contributed by atoms with Crippen LogP contribution < -0.4 is 4.74 Å². The number of ketones is 1. The molecule has 4 atom stereocenters. The van der Waals surface area contributed by atoms with Crippen molar-refractivity contribution >= 4 is 11.8 Å². The van der Waals surface area contributed by atoms with E-state index in [9.17, 15) is 14.7 Å². The summed E-state index contributed by atoms with van der Waals surface area (Å²) in [5, 5.41) is 11.5. The van der Waals surface area contributed by atoms with Crippen LogP contribution in [0.2, 0.25) is 0 Å². The summed E-state index contributed by atoms with van der Waals surface area (Å²) in [6.07, 6.45) is 2.67. The van der Waals surface area contributed by atoms with Gasteiger partial charge >= 0.3 is 5.97 Å². The Hall–Kier alpha value is -2.14. The van der Waals surface area contributed by atoms with E-state index in [1.807, 2.05) is 27.7 Å². The Balaban J connectivity index is 1.95. The molecule has 0 spiro atoms. The van der Waals surface area contributed by atoms with Crippen molar-refractivity contribution in [2.45, 2.75) is 58.7 Å². The minimum Gasteiger partial charge on any atom is -0.497 e. The summed E-state index contributed by atoms with van der Waals surface area (Å²) in [7, 11) is 1.57. The number of aliphatic hydroxyl groups is 1. The first-order valence-electron chi connectivity index (χ1n) is 9.91. The molecule has 152 valence electrons. The normalized spacial score (nSPS) is 32.5. The second kappa shape index (κ2) is 7.36. The van der Waals surface area contributed by atoms with E-state index in [-0.39, 0.29) is 11.7 Å². The highest BCUT2D eigenvalue weighted by molar-refractivity contribution is 5.96. The first kappa shape index (κ1) is 20.6. The fraction of sp³-hybridized carbons (Fsp3) is 0.565. The van der Waals surface area contributed by atoms with Crippen LogP contribution in [0.25, 0.3) is 0 Å². The zero-order valence-electron chi connectivity index (χ0n) is 17.3. The number of hydrogen-bond acceptors (Lipinski definition) is 5. The van der Waals surface area contributed by atoms with Gasteiger partial charge in [-0.1, -0.05) is 26.3 Å². The van der Waals surface area contributed by atoms with Crippen molar-refractivity contribution < 1.29 is 24.2 Å². The van der Waals surface area contributed by atoms with Crippen LogP contribution in [0.1, 0.15) is 57.3 Å². The Bertz CT molecular complexity index is 794. The third kappa shape index (κ3) is 3.37. The molecule has 0 amide bonds. The predicted molar refractivity (Wildman–Crippen MR) is 106 cm³/mol. The number of ether oxygens (including phenoxy) is 2. The standard InChI is InChI=1S/C23H30O5/c1-14(2)23(26)11-10-22(4)19(24)13-15(3)12-18(20(22)23)28-21(25)16-6-8-17(27-5)9-7-16/h6-9,13-14,18,20,26H,10-12H2,1-5H3. The van der Waals surface area contributed by atoms with E-state index in [0.717, 1.165) is 5.57 Å². The van der Waals surface area contributed by atoms with E-state index < -0.39 is 29.0 Å². The zero-order chi connectivity index (χ0) is 20.7. The molecule has 4 unspecified atom stereocenters. The van der Waals surface area contributed by atoms with Gasteiger partial charge in [0.15, 0.2) is 5.78 Å². The van der Waals surface area contributed by atoms with Crippen molar-refractivity contribution in [2.75, 3.05) is 7.11 Å². The summed E-state index contributed by atoms with van der Waals surface area (Å²) in [6, 6.07) is 6.74. The number of carbonyl (C=O) groups is 2. The monoisotopic (exact) mass is 386 g/mol. The van der Waals surface area contributed by atoms with E-state index in [4.69, 9.17) is 9.47 Å². The Kier molecular flexibility index (Phi) is 5.41.